The number of methoxy groups -OCH3 is 1. The van der Waals surface area contributed by atoms with Crippen LogP contribution in [0.15, 0.2) is 12.1 Å². The van der Waals surface area contributed by atoms with E-state index in [1.165, 1.54) is 6.07 Å². The second kappa shape index (κ2) is 6.25. The lowest BCUT2D eigenvalue weighted by Gasteiger charge is -2.05. The predicted molar refractivity (Wildman–Crippen MR) is 72.8 cm³/mol. The number of hydrogen-bond acceptors (Lipinski definition) is 2. The topological polar surface area (TPSA) is 29.9 Å². The average molecular weight is 286 g/mol. The van der Waals surface area contributed by atoms with Gasteiger partial charge >= 0.3 is 0 Å². The summed E-state index contributed by atoms with van der Waals surface area (Å²) in [7, 11) is 1.66. The number of unbranched alkanes of at least 4 members (excludes halogenated alkanes) is 2. The van der Waals surface area contributed by atoms with Crippen LogP contribution in [0.5, 0.6) is 0 Å². The zero-order chi connectivity index (χ0) is 13.8. The van der Waals surface area contributed by atoms with E-state index in [1.807, 2.05) is 0 Å². The number of rotatable bonds is 6. The molecule has 1 aromatic carbocycles. The standard InChI is InChI=1S/C13H16F2N2OS/c1-18-8-4-2-3-7-17-12-10(16-13(17)19)6-5-9(14)11(12)15/h5-6H,2-4,7-8H2,1H3,(H,16,19). The number of benzene rings is 1. The largest absolute Gasteiger partial charge is 0.385 e. The van der Waals surface area contributed by atoms with E-state index < -0.39 is 11.6 Å². The Hall–Kier alpha value is -1.27. The molecule has 3 nitrogen and oxygen atoms in total. The highest BCUT2D eigenvalue weighted by atomic mass is 32.1. The molecular weight excluding hydrogens is 270 g/mol. The molecule has 1 heterocycles. The molecule has 6 heteroatoms. The van der Waals surface area contributed by atoms with Gasteiger partial charge in [0.05, 0.1) is 5.52 Å². The lowest BCUT2D eigenvalue weighted by atomic mass is 10.2. The van der Waals surface area contributed by atoms with E-state index in [1.54, 1.807) is 11.7 Å². The lowest BCUT2D eigenvalue weighted by molar-refractivity contribution is 0.191. The number of H-pyrrole nitrogens is 1. The molecule has 0 aliphatic heterocycles. The Morgan fingerprint density at radius 3 is 2.79 bits per heavy atom. The van der Waals surface area contributed by atoms with E-state index in [2.05, 4.69) is 4.98 Å². The molecule has 1 N–H and O–H groups in total. The van der Waals surface area contributed by atoms with Gasteiger partial charge < -0.3 is 14.3 Å². The van der Waals surface area contributed by atoms with E-state index in [9.17, 15) is 8.78 Å². The van der Waals surface area contributed by atoms with Crippen LogP contribution < -0.4 is 0 Å². The van der Waals surface area contributed by atoms with Gasteiger partial charge in [-0.05, 0) is 43.6 Å². The first kappa shape index (κ1) is 14.1. The Morgan fingerprint density at radius 1 is 1.26 bits per heavy atom. The maximum atomic E-state index is 13.8. The minimum atomic E-state index is -0.852. The molecule has 0 fully saturated rings. The SMILES string of the molecule is COCCCCCn1c(=S)[nH]c2ccc(F)c(F)c21. The number of aryl methyl sites for hydroxylation is 1. The monoisotopic (exact) mass is 286 g/mol. The molecule has 0 spiro atoms. The summed E-state index contributed by atoms with van der Waals surface area (Å²) >= 11 is 5.15. The van der Waals surface area contributed by atoms with Crippen LogP contribution in [0.2, 0.25) is 0 Å². The maximum absolute atomic E-state index is 13.8. The van der Waals surface area contributed by atoms with Gasteiger partial charge in [0.15, 0.2) is 16.4 Å². The van der Waals surface area contributed by atoms with Crippen molar-refractivity contribution in [3.05, 3.63) is 28.5 Å². The number of aromatic nitrogens is 2. The molecule has 0 bridgehead atoms. The van der Waals surface area contributed by atoms with Gasteiger partial charge in [-0.2, -0.15) is 0 Å². The zero-order valence-electron chi connectivity index (χ0n) is 10.7. The van der Waals surface area contributed by atoms with Gasteiger partial charge in [-0.15, -0.1) is 0 Å². The number of aromatic amines is 1. The second-order valence-electron chi connectivity index (χ2n) is 4.39. The van der Waals surface area contributed by atoms with Crippen LogP contribution in [0.3, 0.4) is 0 Å². The fourth-order valence-corrected chi connectivity index (χ4v) is 2.39. The van der Waals surface area contributed by atoms with Crippen molar-refractivity contribution in [2.45, 2.75) is 25.8 Å². The molecular formula is C13H16F2N2OS. The third-order valence-corrected chi connectivity index (χ3v) is 3.38. The minimum absolute atomic E-state index is 0.219. The van der Waals surface area contributed by atoms with Crippen molar-refractivity contribution in [1.29, 1.82) is 0 Å². The molecule has 2 rings (SSSR count). The fourth-order valence-electron chi connectivity index (χ4n) is 2.10. The van der Waals surface area contributed by atoms with E-state index in [4.69, 9.17) is 17.0 Å². The molecule has 0 saturated carbocycles. The first-order valence-corrected chi connectivity index (χ1v) is 6.61. The van der Waals surface area contributed by atoms with Crippen molar-refractivity contribution >= 4 is 23.3 Å². The van der Waals surface area contributed by atoms with E-state index >= 15 is 0 Å². The number of nitrogens with zero attached hydrogens (tertiary/aromatic N) is 1. The quantitative estimate of drug-likeness (QED) is 0.646. The maximum Gasteiger partial charge on any atom is 0.184 e. The Morgan fingerprint density at radius 2 is 2.05 bits per heavy atom. The molecule has 104 valence electrons. The highest BCUT2D eigenvalue weighted by molar-refractivity contribution is 7.71. The van der Waals surface area contributed by atoms with Crippen LogP contribution >= 0.6 is 12.2 Å². The third-order valence-electron chi connectivity index (χ3n) is 3.06. The Kier molecular flexibility index (Phi) is 4.66. The summed E-state index contributed by atoms with van der Waals surface area (Å²) in [5.74, 6) is -1.70. The van der Waals surface area contributed by atoms with Crippen molar-refractivity contribution < 1.29 is 13.5 Å². The summed E-state index contributed by atoms with van der Waals surface area (Å²) in [5.41, 5.74) is 0.748. The minimum Gasteiger partial charge on any atom is -0.385 e. The van der Waals surface area contributed by atoms with Gasteiger partial charge in [-0.1, -0.05) is 0 Å². The third kappa shape index (κ3) is 3.01. The Balaban J connectivity index is 2.20. The number of ether oxygens (including phenoxy) is 1. The lowest BCUT2D eigenvalue weighted by Crippen LogP contribution is -2.01. The summed E-state index contributed by atoms with van der Waals surface area (Å²) in [4.78, 5) is 2.89. The summed E-state index contributed by atoms with van der Waals surface area (Å²) in [6.45, 7) is 1.28. The molecule has 2 aromatic rings. The predicted octanol–water partition coefficient (Wildman–Crippen LogP) is 3.79. The first-order valence-electron chi connectivity index (χ1n) is 6.20. The highest BCUT2D eigenvalue weighted by Gasteiger charge is 2.13. The van der Waals surface area contributed by atoms with Crippen molar-refractivity contribution in [1.82, 2.24) is 9.55 Å². The zero-order valence-corrected chi connectivity index (χ0v) is 11.5. The van der Waals surface area contributed by atoms with Crippen LogP contribution in [0.25, 0.3) is 11.0 Å². The summed E-state index contributed by atoms with van der Waals surface area (Å²) in [6, 6.07) is 2.61. The molecule has 1 aromatic heterocycles. The molecule has 19 heavy (non-hydrogen) atoms. The van der Waals surface area contributed by atoms with Gasteiger partial charge in [-0.3, -0.25) is 0 Å². The molecule has 0 saturated heterocycles. The summed E-state index contributed by atoms with van der Waals surface area (Å²) in [5, 5.41) is 0. The van der Waals surface area contributed by atoms with Crippen molar-refractivity contribution in [2.24, 2.45) is 0 Å². The molecule has 0 aliphatic rings. The van der Waals surface area contributed by atoms with E-state index in [0.29, 0.717) is 23.4 Å². The first-order chi connectivity index (χ1) is 9.15. The number of halogens is 2. The van der Waals surface area contributed by atoms with Gasteiger partial charge in [-0.25, -0.2) is 8.78 Å². The molecule has 0 amide bonds. The van der Waals surface area contributed by atoms with Crippen LogP contribution in [0.1, 0.15) is 19.3 Å². The second-order valence-corrected chi connectivity index (χ2v) is 4.78. The molecule has 0 radical (unpaired) electrons. The fraction of sp³-hybridized carbons (Fsp3) is 0.462. The molecule has 0 unspecified atom stereocenters. The van der Waals surface area contributed by atoms with Gasteiger partial charge in [0.1, 0.15) is 5.52 Å². The van der Waals surface area contributed by atoms with E-state index in [0.717, 1.165) is 25.3 Å². The van der Waals surface area contributed by atoms with Crippen LogP contribution in [0.4, 0.5) is 8.78 Å². The Labute approximate surface area is 115 Å². The molecule has 0 aliphatic carbocycles. The number of hydrogen-bond donors (Lipinski definition) is 1. The number of nitrogens with one attached hydrogen (secondary N) is 1. The van der Waals surface area contributed by atoms with Crippen LogP contribution in [0, 0.1) is 16.4 Å². The van der Waals surface area contributed by atoms with Crippen molar-refractivity contribution in [3.63, 3.8) is 0 Å². The smallest absolute Gasteiger partial charge is 0.184 e. The number of imidazole rings is 1. The molecule has 0 atom stereocenters. The number of fused-ring (bicyclic) bond motifs is 1. The van der Waals surface area contributed by atoms with Crippen LogP contribution in [-0.4, -0.2) is 23.3 Å². The van der Waals surface area contributed by atoms with Crippen molar-refractivity contribution in [3.8, 4) is 0 Å². The summed E-state index contributed by atoms with van der Waals surface area (Å²) in [6.07, 6.45) is 2.75. The highest BCUT2D eigenvalue weighted by Crippen LogP contribution is 2.21. The van der Waals surface area contributed by atoms with Gasteiger partial charge in [0.25, 0.3) is 0 Å². The normalized spacial score (nSPS) is 11.3. The summed E-state index contributed by atoms with van der Waals surface area (Å²) < 4.78 is 34.1. The van der Waals surface area contributed by atoms with Crippen molar-refractivity contribution in [2.75, 3.05) is 13.7 Å². The Bertz CT molecular complexity index is 621. The van der Waals surface area contributed by atoms with Gasteiger partial charge in [0.2, 0.25) is 0 Å². The average Bonchev–Trinajstić information content (AvgIpc) is 2.71. The van der Waals surface area contributed by atoms with Gasteiger partial charge in [0, 0.05) is 20.3 Å². The van der Waals surface area contributed by atoms with Crippen LogP contribution in [-0.2, 0) is 11.3 Å². The van der Waals surface area contributed by atoms with E-state index in [-0.39, 0.29) is 5.52 Å².